The van der Waals surface area contributed by atoms with Crippen LogP contribution in [0.2, 0.25) is 0 Å². The number of likely N-dealkylation sites (tertiary alicyclic amines) is 1. The van der Waals surface area contributed by atoms with Crippen LogP contribution in [0.15, 0.2) is 54.6 Å². The third kappa shape index (κ3) is 4.37. The highest BCUT2D eigenvalue weighted by Gasteiger charge is 2.30. The number of para-hydroxylation sites is 1. The second-order valence-corrected chi connectivity index (χ2v) is 8.19. The first kappa shape index (κ1) is 20.5. The van der Waals surface area contributed by atoms with Crippen LogP contribution in [0.1, 0.15) is 54.8 Å². The van der Waals surface area contributed by atoms with Crippen molar-refractivity contribution in [2.75, 3.05) is 13.1 Å². The highest BCUT2D eigenvalue weighted by molar-refractivity contribution is 5.80. The minimum absolute atomic E-state index is 0.0671. The number of carbonyl (C=O) groups excluding carboxylic acids is 1. The lowest BCUT2D eigenvalue weighted by atomic mass is 9.92. The van der Waals surface area contributed by atoms with Gasteiger partial charge in [-0.2, -0.15) is 13.2 Å². The lowest BCUT2D eigenvalue weighted by molar-refractivity contribution is -0.137. The van der Waals surface area contributed by atoms with E-state index in [1.807, 2.05) is 24.0 Å². The molecule has 2 aromatic carbocycles. The van der Waals surface area contributed by atoms with Gasteiger partial charge in [0.15, 0.2) is 0 Å². The van der Waals surface area contributed by atoms with Crippen LogP contribution < -0.4 is 0 Å². The van der Waals surface area contributed by atoms with Crippen LogP contribution in [0.5, 0.6) is 0 Å². The lowest BCUT2D eigenvalue weighted by Gasteiger charge is -2.32. The topological polar surface area (TPSA) is 36.1 Å². The Hall–Kier alpha value is -2.76. The summed E-state index contributed by atoms with van der Waals surface area (Å²) in [7, 11) is 0. The van der Waals surface area contributed by atoms with Gasteiger partial charge in [0.25, 0.3) is 0 Å². The Morgan fingerprint density at radius 3 is 2.40 bits per heavy atom. The summed E-state index contributed by atoms with van der Waals surface area (Å²) in [5.41, 5.74) is 2.45. The molecule has 3 aromatic rings. The van der Waals surface area contributed by atoms with E-state index in [-0.39, 0.29) is 11.8 Å². The fourth-order valence-corrected chi connectivity index (χ4v) is 4.27. The molecule has 1 fully saturated rings. The maximum atomic E-state index is 12.7. The molecule has 1 unspecified atom stereocenters. The molecule has 1 saturated heterocycles. The normalized spacial score (nSPS) is 16.7. The summed E-state index contributed by atoms with van der Waals surface area (Å²) in [6.07, 6.45) is -2.21. The third-order valence-corrected chi connectivity index (χ3v) is 6.13. The molecule has 1 aliphatic heterocycles. The van der Waals surface area contributed by atoms with Gasteiger partial charge in [-0.3, -0.25) is 4.79 Å². The summed E-state index contributed by atoms with van der Waals surface area (Å²) in [5.74, 6) is 0.359. The number of fused-ring (bicyclic) bond motifs is 1. The summed E-state index contributed by atoms with van der Waals surface area (Å²) in [4.78, 5) is 18.1. The van der Waals surface area contributed by atoms with E-state index in [1.165, 1.54) is 23.2 Å². The number of halogens is 3. The molecule has 6 heteroatoms. The predicted octanol–water partition coefficient (Wildman–Crippen LogP) is 6.09. The largest absolute Gasteiger partial charge is 0.416 e. The molecule has 1 N–H and O–H groups in total. The van der Waals surface area contributed by atoms with Crippen LogP contribution in [0.4, 0.5) is 13.2 Å². The fourth-order valence-electron chi connectivity index (χ4n) is 4.27. The molecule has 1 atom stereocenters. The van der Waals surface area contributed by atoms with Crippen molar-refractivity contribution in [2.45, 2.75) is 44.2 Å². The van der Waals surface area contributed by atoms with Gasteiger partial charge < -0.3 is 9.88 Å². The minimum atomic E-state index is -4.34. The fraction of sp³-hybridized carbons (Fsp3) is 0.375. The van der Waals surface area contributed by atoms with E-state index < -0.39 is 11.7 Å². The van der Waals surface area contributed by atoms with E-state index in [2.05, 4.69) is 23.2 Å². The highest BCUT2D eigenvalue weighted by atomic mass is 19.4. The van der Waals surface area contributed by atoms with Crippen molar-refractivity contribution in [3.63, 3.8) is 0 Å². The van der Waals surface area contributed by atoms with E-state index in [1.54, 1.807) is 0 Å². The van der Waals surface area contributed by atoms with Crippen LogP contribution in [0, 0.1) is 0 Å². The third-order valence-electron chi connectivity index (χ3n) is 6.13. The van der Waals surface area contributed by atoms with Gasteiger partial charge in [-0.1, -0.05) is 37.3 Å². The summed E-state index contributed by atoms with van der Waals surface area (Å²) in [5, 5.41) is 1.20. The van der Waals surface area contributed by atoms with Gasteiger partial charge in [0.2, 0.25) is 5.91 Å². The Balaban J connectivity index is 1.32. The van der Waals surface area contributed by atoms with Crippen molar-refractivity contribution in [3.05, 3.63) is 71.4 Å². The molecule has 1 amide bonds. The van der Waals surface area contributed by atoms with Gasteiger partial charge in [0.1, 0.15) is 0 Å². The minimum Gasteiger partial charge on any atom is -0.358 e. The smallest absolute Gasteiger partial charge is 0.358 e. The van der Waals surface area contributed by atoms with Gasteiger partial charge in [0, 0.05) is 36.6 Å². The van der Waals surface area contributed by atoms with Crippen LogP contribution >= 0.6 is 0 Å². The summed E-state index contributed by atoms with van der Waals surface area (Å²) in [6, 6.07) is 15.5. The molecule has 3 nitrogen and oxygen atoms in total. The number of aromatic amines is 1. The molecule has 2 heterocycles. The zero-order chi connectivity index (χ0) is 21.3. The molecular weight excluding hydrogens is 389 g/mol. The van der Waals surface area contributed by atoms with Crippen molar-refractivity contribution >= 4 is 16.8 Å². The van der Waals surface area contributed by atoms with Gasteiger partial charge in [-0.15, -0.1) is 0 Å². The van der Waals surface area contributed by atoms with E-state index in [9.17, 15) is 18.0 Å². The molecule has 0 bridgehead atoms. The average molecular weight is 414 g/mol. The second-order valence-electron chi connectivity index (χ2n) is 8.19. The molecule has 0 radical (unpaired) electrons. The van der Waals surface area contributed by atoms with Crippen molar-refractivity contribution in [1.82, 2.24) is 9.88 Å². The molecule has 0 aliphatic carbocycles. The Bertz CT molecular complexity index is 982. The number of hydrogen-bond acceptors (Lipinski definition) is 1. The second kappa shape index (κ2) is 8.17. The van der Waals surface area contributed by atoms with Crippen LogP contribution in [-0.4, -0.2) is 28.9 Å². The molecule has 0 saturated carbocycles. The number of amides is 1. The summed E-state index contributed by atoms with van der Waals surface area (Å²) in [6.45, 7) is 3.30. The standard InChI is InChI=1S/C24H25F3N2O/c1-16(17-6-8-20(9-7-17)24(25,26)27)14-23(30)29-12-10-18(11-13-29)22-15-19-4-2-3-5-21(19)28-22/h2-9,15-16,18,28H,10-14H2,1H3. The first-order chi connectivity index (χ1) is 14.3. The first-order valence-corrected chi connectivity index (χ1v) is 10.3. The predicted molar refractivity (Wildman–Crippen MR) is 111 cm³/mol. The number of H-pyrrole nitrogens is 1. The van der Waals surface area contributed by atoms with Gasteiger partial charge in [-0.05, 0) is 54.0 Å². The Labute approximate surface area is 173 Å². The van der Waals surface area contributed by atoms with Crippen LogP contribution in [-0.2, 0) is 11.0 Å². The first-order valence-electron chi connectivity index (χ1n) is 10.3. The number of nitrogens with one attached hydrogen (secondary N) is 1. The summed E-state index contributed by atoms with van der Waals surface area (Å²) < 4.78 is 38.2. The van der Waals surface area contributed by atoms with Gasteiger partial charge in [-0.25, -0.2) is 0 Å². The van der Waals surface area contributed by atoms with Gasteiger partial charge in [0.05, 0.1) is 5.56 Å². The number of nitrogens with zero attached hydrogens (tertiary/aromatic N) is 1. The molecule has 1 aliphatic rings. The van der Waals surface area contributed by atoms with Gasteiger partial charge >= 0.3 is 6.18 Å². The SMILES string of the molecule is CC(CC(=O)N1CCC(c2cc3ccccc3[nH]2)CC1)c1ccc(C(F)(F)F)cc1. The van der Waals surface area contributed by atoms with E-state index >= 15 is 0 Å². The molecule has 30 heavy (non-hydrogen) atoms. The van der Waals surface area contributed by atoms with E-state index in [4.69, 9.17) is 0 Å². The number of carbonyl (C=O) groups is 1. The molecular formula is C24H25F3N2O. The molecule has 4 rings (SSSR count). The van der Waals surface area contributed by atoms with Crippen LogP contribution in [0.3, 0.4) is 0 Å². The maximum absolute atomic E-state index is 12.7. The van der Waals surface area contributed by atoms with Crippen LogP contribution in [0.25, 0.3) is 10.9 Å². The van der Waals surface area contributed by atoms with E-state index in [0.29, 0.717) is 25.4 Å². The zero-order valence-corrected chi connectivity index (χ0v) is 16.9. The Morgan fingerprint density at radius 2 is 1.77 bits per heavy atom. The van der Waals surface area contributed by atoms with E-state index in [0.717, 1.165) is 36.1 Å². The number of benzene rings is 2. The summed E-state index contributed by atoms with van der Waals surface area (Å²) >= 11 is 0. The number of hydrogen-bond donors (Lipinski definition) is 1. The maximum Gasteiger partial charge on any atom is 0.416 e. The van der Waals surface area contributed by atoms with Crippen molar-refractivity contribution in [2.24, 2.45) is 0 Å². The zero-order valence-electron chi connectivity index (χ0n) is 16.9. The van der Waals surface area contributed by atoms with Crippen molar-refractivity contribution < 1.29 is 18.0 Å². The quantitative estimate of drug-likeness (QED) is 0.551. The molecule has 1 aromatic heterocycles. The van der Waals surface area contributed by atoms with Crippen molar-refractivity contribution in [3.8, 4) is 0 Å². The number of aromatic nitrogens is 1. The monoisotopic (exact) mass is 414 g/mol. The average Bonchev–Trinajstić information content (AvgIpc) is 3.17. The number of rotatable bonds is 4. The number of alkyl halides is 3. The number of piperidine rings is 1. The highest BCUT2D eigenvalue weighted by Crippen LogP contribution is 2.32. The lowest BCUT2D eigenvalue weighted by Crippen LogP contribution is -2.38. The van der Waals surface area contributed by atoms with Crippen molar-refractivity contribution in [1.29, 1.82) is 0 Å². The molecule has 0 spiro atoms. The molecule has 158 valence electrons. The Morgan fingerprint density at radius 1 is 1.10 bits per heavy atom. The Kier molecular flexibility index (Phi) is 5.58.